The molecule has 0 unspecified atom stereocenters. The first-order valence-electron chi connectivity index (χ1n) is 17.7. The van der Waals surface area contributed by atoms with Gasteiger partial charge in [0.05, 0.1) is 21.6 Å². The predicted molar refractivity (Wildman–Crippen MR) is 197 cm³/mol. The molecule has 4 heterocycles. The van der Waals surface area contributed by atoms with Crippen molar-refractivity contribution in [1.29, 1.82) is 0 Å². The van der Waals surface area contributed by atoms with Gasteiger partial charge < -0.3 is 14.6 Å². The average Bonchev–Trinajstić information content (AvgIpc) is 3.75. The number of nitrogens with zero attached hydrogens (tertiary/aromatic N) is 4. The Balaban J connectivity index is 1.36. The molecular formula is C37H39N4O14S2+. The van der Waals surface area contributed by atoms with E-state index in [0.717, 1.165) is 0 Å². The molecule has 2 saturated heterocycles. The van der Waals surface area contributed by atoms with Gasteiger partial charge in [-0.05, 0) is 55.8 Å². The van der Waals surface area contributed by atoms with Crippen LogP contribution in [0.5, 0.6) is 0 Å². The third kappa shape index (κ3) is 7.89. The molecule has 2 fully saturated rings. The Kier molecular flexibility index (Phi) is 10.6. The van der Waals surface area contributed by atoms with E-state index in [1.54, 1.807) is 55.4 Å². The van der Waals surface area contributed by atoms with Gasteiger partial charge in [-0.1, -0.05) is 19.9 Å². The summed E-state index contributed by atoms with van der Waals surface area (Å²) in [6.45, 7) is 7.11. The molecule has 0 aliphatic carbocycles. The number of amides is 4. The fourth-order valence-corrected chi connectivity index (χ4v) is 8.37. The average molecular weight is 828 g/mol. The maximum atomic E-state index is 12.9. The Labute approximate surface area is 327 Å². The maximum absolute atomic E-state index is 12.9. The van der Waals surface area contributed by atoms with E-state index < -0.39 is 66.6 Å². The Morgan fingerprint density at radius 1 is 0.737 bits per heavy atom. The number of imide groups is 2. The van der Waals surface area contributed by atoms with E-state index in [0.29, 0.717) is 44.0 Å². The molecule has 2 aromatic carbocycles. The highest BCUT2D eigenvalue weighted by molar-refractivity contribution is 7.86. The van der Waals surface area contributed by atoms with E-state index in [2.05, 4.69) is 0 Å². The summed E-state index contributed by atoms with van der Waals surface area (Å²) in [5.74, 6) is -4.31. The summed E-state index contributed by atoms with van der Waals surface area (Å²) in [5, 5.41) is 0.882. The third-order valence-electron chi connectivity index (χ3n) is 10.3. The van der Waals surface area contributed by atoms with E-state index in [1.165, 1.54) is 36.4 Å². The van der Waals surface area contributed by atoms with Gasteiger partial charge in [0.1, 0.15) is 6.42 Å². The summed E-state index contributed by atoms with van der Waals surface area (Å²) in [5.41, 5.74) is 1.21. The first-order valence-corrected chi connectivity index (χ1v) is 20.6. The van der Waals surface area contributed by atoms with Gasteiger partial charge in [0.2, 0.25) is 5.69 Å². The number of hydrogen-bond acceptors (Lipinski definition) is 13. The monoisotopic (exact) mass is 827 g/mol. The molecule has 4 aliphatic rings. The van der Waals surface area contributed by atoms with Crippen LogP contribution in [0, 0.1) is 0 Å². The van der Waals surface area contributed by atoms with Gasteiger partial charge in [-0.15, -0.1) is 10.1 Å². The molecule has 6 rings (SSSR count). The fraction of sp³-hybridized carbons (Fsp3) is 0.378. The highest BCUT2D eigenvalue weighted by atomic mass is 32.2. The number of fused-ring (bicyclic) bond motifs is 2. The molecule has 4 amide bonds. The fourth-order valence-electron chi connectivity index (χ4n) is 7.36. The zero-order chi connectivity index (χ0) is 41.8. The van der Waals surface area contributed by atoms with Crippen molar-refractivity contribution < 1.29 is 69.0 Å². The van der Waals surface area contributed by atoms with Crippen molar-refractivity contribution in [2.24, 2.45) is 0 Å². The third-order valence-corrected chi connectivity index (χ3v) is 12.0. The smallest absolute Gasteiger partial charge is 0.339 e. The first kappa shape index (κ1) is 41.1. The number of carbonyl (C=O) groups is 6. The Morgan fingerprint density at radius 3 is 1.75 bits per heavy atom. The molecule has 18 nitrogen and oxygen atoms in total. The van der Waals surface area contributed by atoms with Crippen molar-refractivity contribution in [1.82, 2.24) is 10.1 Å². The van der Waals surface area contributed by atoms with Gasteiger partial charge in [0.25, 0.3) is 43.9 Å². The van der Waals surface area contributed by atoms with Gasteiger partial charge in [0.15, 0.2) is 12.3 Å². The van der Waals surface area contributed by atoms with Crippen LogP contribution in [0.1, 0.15) is 77.3 Å². The van der Waals surface area contributed by atoms with E-state index >= 15 is 0 Å². The molecule has 0 saturated carbocycles. The van der Waals surface area contributed by atoms with Crippen LogP contribution in [0.15, 0.2) is 70.1 Å². The molecule has 0 bridgehead atoms. The van der Waals surface area contributed by atoms with Crippen LogP contribution in [0.3, 0.4) is 0 Å². The number of benzene rings is 2. The molecule has 0 spiro atoms. The molecule has 2 aromatic rings. The minimum Gasteiger partial charge on any atom is -0.343 e. The topological polar surface area (TPSA) is 242 Å². The minimum absolute atomic E-state index is 0.0431. The lowest BCUT2D eigenvalue weighted by atomic mass is 9.81. The van der Waals surface area contributed by atoms with Crippen molar-refractivity contribution in [3.05, 3.63) is 71.5 Å². The van der Waals surface area contributed by atoms with Crippen molar-refractivity contribution in [3.63, 3.8) is 0 Å². The number of hydrogen-bond donors (Lipinski definition) is 2. The number of carbonyl (C=O) groups excluding carboxylic acids is 6. The molecule has 20 heteroatoms. The van der Waals surface area contributed by atoms with Crippen molar-refractivity contribution in [2.75, 3.05) is 18.0 Å². The zero-order valence-electron chi connectivity index (χ0n) is 31.3. The number of allylic oxidation sites excluding steroid dienone is 4. The molecule has 57 heavy (non-hydrogen) atoms. The van der Waals surface area contributed by atoms with Crippen molar-refractivity contribution >= 4 is 72.9 Å². The van der Waals surface area contributed by atoms with Gasteiger partial charge in [-0.3, -0.25) is 28.3 Å². The van der Waals surface area contributed by atoms with Crippen LogP contribution in [0.25, 0.3) is 0 Å². The SMILES string of the molecule is CC1(C)C(/C=C/C=C2\N(CCC(=O)ON3C(=O)CCC3=O)c3ccc(S(=O)(=O)O)cc3C2(C)C)=[N+](CCC(=O)ON2C(=O)CCC2=O)c2ccc(S(=O)(=O)O)cc21. The van der Waals surface area contributed by atoms with Crippen LogP contribution in [0.2, 0.25) is 0 Å². The van der Waals surface area contributed by atoms with Gasteiger partial charge >= 0.3 is 11.9 Å². The molecule has 2 N–H and O–H groups in total. The summed E-state index contributed by atoms with van der Waals surface area (Å²) >= 11 is 0. The van der Waals surface area contributed by atoms with Crippen LogP contribution in [-0.4, -0.2) is 95.0 Å². The van der Waals surface area contributed by atoms with Gasteiger partial charge in [-0.25, -0.2) is 9.59 Å². The van der Waals surface area contributed by atoms with Gasteiger partial charge in [0, 0.05) is 66.7 Å². The van der Waals surface area contributed by atoms with E-state index in [9.17, 15) is 54.7 Å². The minimum atomic E-state index is -4.60. The lowest BCUT2D eigenvalue weighted by Crippen LogP contribution is -2.34. The summed E-state index contributed by atoms with van der Waals surface area (Å²) in [4.78, 5) is 85.0. The van der Waals surface area contributed by atoms with E-state index in [-0.39, 0.29) is 61.4 Å². The predicted octanol–water partition coefficient (Wildman–Crippen LogP) is 2.79. The normalized spacial score (nSPS) is 19.7. The van der Waals surface area contributed by atoms with E-state index in [1.807, 2.05) is 0 Å². The standard InChI is InChI=1S/C37H38N4O14S2/c1-36(2)24-20-22(56(48,49)50)8-10-26(24)38(18-16-34(46)54-40-30(42)12-13-31(40)43)28(36)6-5-7-29-37(3,4)25-21-23(57(51,52)53)9-11-27(25)39(29)19-17-35(47)55-41-32(44)14-15-33(41)45/h5-11,20-21H,12-19H2,1-4H3,(H-,48,49,50,51,52,53)/p+1. The molecule has 302 valence electrons. The molecule has 4 aliphatic heterocycles. The number of rotatable bonds is 12. The van der Waals surface area contributed by atoms with Crippen molar-refractivity contribution in [2.45, 2.75) is 86.8 Å². The number of anilines is 1. The zero-order valence-corrected chi connectivity index (χ0v) is 32.9. The van der Waals surface area contributed by atoms with Crippen LogP contribution in [-0.2, 0) is 69.5 Å². The second-order valence-corrected chi connectivity index (χ2v) is 17.6. The summed E-state index contributed by atoms with van der Waals surface area (Å²) in [6, 6.07) is 8.03. The number of hydroxylamine groups is 4. The van der Waals surface area contributed by atoms with Crippen LogP contribution >= 0.6 is 0 Å². The van der Waals surface area contributed by atoms with Crippen LogP contribution < -0.4 is 4.90 Å². The Bertz CT molecular complexity index is 2430. The maximum Gasteiger partial charge on any atom is 0.339 e. The summed E-state index contributed by atoms with van der Waals surface area (Å²) in [7, 11) is -9.19. The van der Waals surface area contributed by atoms with Crippen LogP contribution in [0.4, 0.5) is 11.4 Å². The second-order valence-electron chi connectivity index (χ2n) is 14.7. The van der Waals surface area contributed by atoms with Crippen molar-refractivity contribution in [3.8, 4) is 0 Å². The highest BCUT2D eigenvalue weighted by Crippen LogP contribution is 2.49. The molecule has 0 aromatic heterocycles. The lowest BCUT2D eigenvalue weighted by Gasteiger charge is -2.27. The molecule has 0 atom stereocenters. The Morgan fingerprint density at radius 2 is 1.23 bits per heavy atom. The quantitative estimate of drug-likeness (QED) is 0.178. The lowest BCUT2D eigenvalue weighted by molar-refractivity contribution is -0.437. The highest BCUT2D eigenvalue weighted by Gasteiger charge is 2.46. The second kappa shape index (κ2) is 14.7. The molecule has 0 radical (unpaired) electrons. The summed E-state index contributed by atoms with van der Waals surface area (Å²) in [6.07, 6.45) is 4.14. The first-order chi connectivity index (χ1) is 26.5. The van der Waals surface area contributed by atoms with E-state index in [4.69, 9.17) is 9.68 Å². The molecular weight excluding hydrogens is 789 g/mol. The van der Waals surface area contributed by atoms with Gasteiger partial charge in [-0.2, -0.15) is 21.4 Å². The Hall–Kier alpha value is -5.57. The summed E-state index contributed by atoms with van der Waals surface area (Å²) < 4.78 is 69.8. The largest absolute Gasteiger partial charge is 0.343 e.